The maximum absolute atomic E-state index is 5.40. The van der Waals surface area contributed by atoms with Crippen LogP contribution in [-0.2, 0) is 13.5 Å². The smallest absolute Gasteiger partial charge is 0.145 e. The van der Waals surface area contributed by atoms with Gasteiger partial charge in [0.05, 0.1) is 11.9 Å². The van der Waals surface area contributed by atoms with Gasteiger partial charge >= 0.3 is 0 Å². The van der Waals surface area contributed by atoms with E-state index in [1.165, 1.54) is 0 Å². The molecule has 0 amide bonds. The topological polar surface area (TPSA) is 93.7 Å². The van der Waals surface area contributed by atoms with Crippen molar-refractivity contribution in [3.8, 4) is 0 Å². The minimum absolute atomic E-state index is 0.597. The van der Waals surface area contributed by atoms with Crippen LogP contribution < -0.4 is 16.6 Å². The summed E-state index contributed by atoms with van der Waals surface area (Å²) >= 11 is 0. The molecule has 2 rings (SSSR count). The van der Waals surface area contributed by atoms with Gasteiger partial charge in [-0.3, -0.25) is 4.68 Å². The van der Waals surface area contributed by atoms with Gasteiger partial charge in [-0.1, -0.05) is 6.92 Å². The average Bonchev–Trinajstić information content (AvgIpc) is 2.75. The van der Waals surface area contributed by atoms with Gasteiger partial charge < -0.3 is 10.7 Å². The number of nitrogens with zero attached hydrogens (tertiary/aromatic N) is 4. The molecule has 0 bridgehead atoms. The van der Waals surface area contributed by atoms with Crippen LogP contribution >= 0.6 is 0 Å². The van der Waals surface area contributed by atoms with E-state index >= 15 is 0 Å². The quantitative estimate of drug-likeness (QED) is 0.543. The third kappa shape index (κ3) is 2.95. The number of aromatic nitrogens is 4. The normalized spacial score (nSPS) is 10.4. The van der Waals surface area contributed by atoms with Crippen molar-refractivity contribution in [2.24, 2.45) is 12.9 Å². The molecule has 0 spiro atoms. The van der Waals surface area contributed by atoms with E-state index in [0.717, 1.165) is 24.4 Å². The molecule has 0 radical (unpaired) electrons. The fraction of sp³-hybridized carbons (Fsp3) is 0.364. The number of hydrazine groups is 1. The zero-order valence-electron chi connectivity index (χ0n) is 10.5. The maximum Gasteiger partial charge on any atom is 0.145 e. The van der Waals surface area contributed by atoms with Crippen molar-refractivity contribution >= 4 is 17.3 Å². The summed E-state index contributed by atoms with van der Waals surface area (Å²) in [4.78, 5) is 8.70. The van der Waals surface area contributed by atoms with Gasteiger partial charge in [0.15, 0.2) is 0 Å². The molecule has 0 aliphatic heterocycles. The van der Waals surface area contributed by atoms with Crippen LogP contribution in [0.15, 0.2) is 18.5 Å². The Morgan fingerprint density at radius 3 is 2.72 bits per heavy atom. The van der Waals surface area contributed by atoms with Crippen LogP contribution in [0.5, 0.6) is 0 Å². The lowest BCUT2D eigenvalue weighted by atomic mass is 10.3. The maximum atomic E-state index is 5.40. The largest absolute Gasteiger partial charge is 0.337 e. The van der Waals surface area contributed by atoms with Crippen LogP contribution in [0.1, 0.15) is 19.2 Å². The van der Waals surface area contributed by atoms with Crippen LogP contribution in [-0.4, -0.2) is 19.7 Å². The van der Waals surface area contributed by atoms with E-state index in [1.807, 2.05) is 13.2 Å². The highest BCUT2D eigenvalue weighted by Gasteiger charge is 2.04. The first-order valence-corrected chi connectivity index (χ1v) is 5.81. The molecule has 0 saturated carbocycles. The molecule has 2 aromatic rings. The van der Waals surface area contributed by atoms with Crippen molar-refractivity contribution in [1.29, 1.82) is 0 Å². The molecule has 18 heavy (non-hydrogen) atoms. The molecule has 4 N–H and O–H groups in total. The number of anilines is 3. The van der Waals surface area contributed by atoms with Gasteiger partial charge in [-0.25, -0.2) is 15.8 Å². The molecule has 0 unspecified atom stereocenters. The number of hydrogen-bond donors (Lipinski definition) is 3. The van der Waals surface area contributed by atoms with Crippen LogP contribution in [0.3, 0.4) is 0 Å². The van der Waals surface area contributed by atoms with Crippen molar-refractivity contribution in [3.63, 3.8) is 0 Å². The van der Waals surface area contributed by atoms with Crippen LogP contribution in [0.4, 0.5) is 17.3 Å². The summed E-state index contributed by atoms with van der Waals surface area (Å²) in [6.45, 7) is 2.08. The molecular formula is C11H17N7. The van der Waals surface area contributed by atoms with Crippen molar-refractivity contribution in [2.45, 2.75) is 19.8 Å². The highest BCUT2D eigenvalue weighted by molar-refractivity contribution is 5.57. The minimum atomic E-state index is 0.597. The Balaban J connectivity index is 2.23. The molecule has 96 valence electrons. The predicted molar refractivity (Wildman–Crippen MR) is 70.3 cm³/mol. The molecule has 7 nitrogen and oxygen atoms in total. The number of nitrogens with one attached hydrogen (secondary N) is 2. The third-order valence-corrected chi connectivity index (χ3v) is 2.37. The van der Waals surface area contributed by atoms with Crippen LogP contribution in [0, 0.1) is 0 Å². The predicted octanol–water partition coefficient (Wildman–Crippen LogP) is 1.19. The van der Waals surface area contributed by atoms with Gasteiger partial charge in [0.25, 0.3) is 0 Å². The Kier molecular flexibility index (Phi) is 3.73. The van der Waals surface area contributed by atoms with Crippen LogP contribution in [0.25, 0.3) is 0 Å². The van der Waals surface area contributed by atoms with Crippen molar-refractivity contribution in [1.82, 2.24) is 19.7 Å². The van der Waals surface area contributed by atoms with Crippen molar-refractivity contribution in [2.75, 3.05) is 10.7 Å². The third-order valence-electron chi connectivity index (χ3n) is 2.37. The van der Waals surface area contributed by atoms with E-state index in [2.05, 4.69) is 32.7 Å². The Hall–Kier alpha value is -2.15. The van der Waals surface area contributed by atoms with Crippen molar-refractivity contribution in [3.05, 3.63) is 24.3 Å². The highest BCUT2D eigenvalue weighted by atomic mass is 15.3. The lowest BCUT2D eigenvalue weighted by Crippen LogP contribution is -2.11. The Bertz CT molecular complexity index is 520. The summed E-state index contributed by atoms with van der Waals surface area (Å²) in [5.41, 5.74) is 3.42. The van der Waals surface area contributed by atoms with E-state index < -0.39 is 0 Å². The molecule has 2 heterocycles. The number of nitrogens with two attached hydrogens (primary N) is 1. The number of aryl methyl sites for hydroxylation is 2. The lowest BCUT2D eigenvalue weighted by molar-refractivity contribution is 0.768. The SMILES string of the molecule is CCCc1nc(NN)cc(Nc2cnn(C)c2)n1. The molecule has 7 heteroatoms. The van der Waals surface area contributed by atoms with Gasteiger partial charge in [-0.05, 0) is 6.42 Å². The standard InChI is InChI=1S/C11H17N7/c1-3-4-9-15-10(5-11(16-9)17-12)14-8-6-13-18(2)7-8/h5-7H,3-4,12H2,1-2H3,(H2,14,15,16,17). The molecule has 0 aromatic carbocycles. The zero-order valence-corrected chi connectivity index (χ0v) is 10.5. The van der Waals surface area contributed by atoms with Gasteiger partial charge in [0.1, 0.15) is 17.5 Å². The summed E-state index contributed by atoms with van der Waals surface area (Å²) in [5, 5.41) is 7.25. The molecule has 0 aliphatic carbocycles. The first-order valence-electron chi connectivity index (χ1n) is 5.81. The van der Waals surface area contributed by atoms with Gasteiger partial charge in [-0.2, -0.15) is 5.10 Å². The summed E-state index contributed by atoms with van der Waals surface area (Å²) in [7, 11) is 1.86. The van der Waals surface area contributed by atoms with Gasteiger partial charge in [0.2, 0.25) is 0 Å². The van der Waals surface area contributed by atoms with Gasteiger partial charge in [-0.15, -0.1) is 0 Å². The second kappa shape index (κ2) is 5.46. The van der Waals surface area contributed by atoms with E-state index in [9.17, 15) is 0 Å². The number of rotatable bonds is 5. The summed E-state index contributed by atoms with van der Waals surface area (Å²) < 4.78 is 1.72. The fourth-order valence-electron chi connectivity index (χ4n) is 1.60. The van der Waals surface area contributed by atoms with E-state index in [0.29, 0.717) is 11.6 Å². The molecule has 2 aromatic heterocycles. The molecule has 0 atom stereocenters. The summed E-state index contributed by atoms with van der Waals surface area (Å²) in [5.74, 6) is 7.46. The average molecular weight is 247 g/mol. The molecule has 0 saturated heterocycles. The Morgan fingerprint density at radius 1 is 1.33 bits per heavy atom. The first kappa shape index (κ1) is 12.3. The van der Waals surface area contributed by atoms with E-state index in [4.69, 9.17) is 5.84 Å². The first-order chi connectivity index (χ1) is 8.71. The monoisotopic (exact) mass is 247 g/mol. The minimum Gasteiger partial charge on any atom is -0.337 e. The second-order valence-corrected chi connectivity index (χ2v) is 3.98. The highest BCUT2D eigenvalue weighted by Crippen LogP contribution is 2.16. The van der Waals surface area contributed by atoms with Gasteiger partial charge in [0, 0.05) is 25.7 Å². The molecule has 0 fully saturated rings. The number of nitrogen functional groups attached to an aromatic ring is 1. The zero-order chi connectivity index (χ0) is 13.0. The fourth-order valence-corrected chi connectivity index (χ4v) is 1.60. The Labute approximate surface area is 105 Å². The van der Waals surface area contributed by atoms with Crippen LogP contribution in [0.2, 0.25) is 0 Å². The summed E-state index contributed by atoms with van der Waals surface area (Å²) in [6.07, 6.45) is 5.41. The summed E-state index contributed by atoms with van der Waals surface area (Å²) in [6, 6.07) is 1.76. The van der Waals surface area contributed by atoms with Crippen molar-refractivity contribution < 1.29 is 0 Å². The second-order valence-electron chi connectivity index (χ2n) is 3.98. The molecular weight excluding hydrogens is 230 g/mol. The Morgan fingerprint density at radius 2 is 2.11 bits per heavy atom. The van der Waals surface area contributed by atoms with E-state index in [-0.39, 0.29) is 0 Å². The van der Waals surface area contributed by atoms with E-state index in [1.54, 1.807) is 16.9 Å². The lowest BCUT2D eigenvalue weighted by Gasteiger charge is -2.07. The number of hydrogen-bond acceptors (Lipinski definition) is 6. The molecule has 0 aliphatic rings.